The number of ether oxygens (including phenoxy) is 1. The van der Waals surface area contributed by atoms with E-state index in [0.29, 0.717) is 11.8 Å². The van der Waals surface area contributed by atoms with Crippen LogP contribution in [-0.2, 0) is 4.74 Å². The number of aliphatic hydroxyl groups excluding tert-OH is 1. The van der Waals surface area contributed by atoms with Gasteiger partial charge in [0.05, 0.1) is 18.3 Å². The minimum absolute atomic E-state index is 0.0193. The van der Waals surface area contributed by atoms with Gasteiger partial charge in [-0.2, -0.15) is 0 Å². The molecular weight excluding hydrogens is 164 g/mol. The Kier molecular flexibility index (Phi) is 1.45. The molecule has 2 nitrogen and oxygen atoms in total. The van der Waals surface area contributed by atoms with E-state index in [4.69, 9.17) is 4.74 Å². The molecular formula is C11H18O2. The molecule has 0 radical (unpaired) electrons. The van der Waals surface area contributed by atoms with Crippen LogP contribution in [0.5, 0.6) is 0 Å². The standard InChI is InChI=1S/C11H18O2/c1-11(2)10-7-3-6(4-9(7)12)8(10)5-13-11/h6-10,12H,3-5H2,1-2H3. The molecule has 0 aromatic rings. The SMILES string of the molecule is CC1(C)OCC2C3CC(O)C(C3)C21. The van der Waals surface area contributed by atoms with Gasteiger partial charge in [0, 0.05) is 0 Å². The van der Waals surface area contributed by atoms with E-state index in [2.05, 4.69) is 13.8 Å². The Morgan fingerprint density at radius 3 is 2.77 bits per heavy atom. The molecule has 3 fully saturated rings. The second kappa shape index (κ2) is 2.29. The van der Waals surface area contributed by atoms with E-state index in [1.54, 1.807) is 0 Å². The van der Waals surface area contributed by atoms with Crippen LogP contribution in [0, 0.1) is 23.7 Å². The second-order valence-electron chi connectivity index (χ2n) is 5.57. The van der Waals surface area contributed by atoms with Gasteiger partial charge < -0.3 is 9.84 Å². The van der Waals surface area contributed by atoms with E-state index >= 15 is 0 Å². The second-order valence-corrected chi connectivity index (χ2v) is 5.57. The zero-order valence-corrected chi connectivity index (χ0v) is 8.36. The van der Waals surface area contributed by atoms with Crippen molar-refractivity contribution in [2.45, 2.75) is 38.4 Å². The average molecular weight is 182 g/mol. The van der Waals surface area contributed by atoms with Crippen molar-refractivity contribution in [1.29, 1.82) is 0 Å². The highest BCUT2D eigenvalue weighted by Crippen LogP contribution is 2.59. The molecule has 3 aliphatic rings. The summed E-state index contributed by atoms with van der Waals surface area (Å²) in [4.78, 5) is 0. The number of fused-ring (bicyclic) bond motifs is 5. The van der Waals surface area contributed by atoms with Crippen LogP contribution in [0.3, 0.4) is 0 Å². The van der Waals surface area contributed by atoms with Crippen molar-refractivity contribution in [1.82, 2.24) is 0 Å². The molecule has 1 saturated heterocycles. The molecule has 2 bridgehead atoms. The minimum atomic E-state index is -0.0350. The van der Waals surface area contributed by atoms with Gasteiger partial charge in [-0.15, -0.1) is 0 Å². The Morgan fingerprint density at radius 1 is 1.23 bits per heavy atom. The Morgan fingerprint density at radius 2 is 2.00 bits per heavy atom. The van der Waals surface area contributed by atoms with Crippen LogP contribution < -0.4 is 0 Å². The fraction of sp³-hybridized carbons (Fsp3) is 1.00. The lowest BCUT2D eigenvalue weighted by Crippen LogP contribution is -2.39. The van der Waals surface area contributed by atoms with Gasteiger partial charge in [-0.1, -0.05) is 0 Å². The van der Waals surface area contributed by atoms with Crippen LogP contribution in [0.2, 0.25) is 0 Å². The summed E-state index contributed by atoms with van der Waals surface area (Å²) < 4.78 is 5.83. The molecule has 5 atom stereocenters. The van der Waals surface area contributed by atoms with Gasteiger partial charge in [-0.25, -0.2) is 0 Å². The molecule has 3 rings (SSSR count). The fourth-order valence-corrected chi connectivity index (χ4v) is 4.11. The van der Waals surface area contributed by atoms with Crippen LogP contribution in [-0.4, -0.2) is 23.4 Å². The van der Waals surface area contributed by atoms with E-state index in [9.17, 15) is 5.11 Å². The van der Waals surface area contributed by atoms with Crippen LogP contribution in [0.25, 0.3) is 0 Å². The Balaban J connectivity index is 1.94. The van der Waals surface area contributed by atoms with Gasteiger partial charge in [-0.3, -0.25) is 0 Å². The molecule has 5 unspecified atom stereocenters. The number of aliphatic hydroxyl groups is 1. The lowest BCUT2D eigenvalue weighted by atomic mass is 9.73. The van der Waals surface area contributed by atoms with Crippen molar-refractivity contribution in [3.8, 4) is 0 Å². The van der Waals surface area contributed by atoms with Crippen LogP contribution in [0.15, 0.2) is 0 Å². The largest absolute Gasteiger partial charge is 0.393 e. The van der Waals surface area contributed by atoms with Gasteiger partial charge >= 0.3 is 0 Å². The summed E-state index contributed by atoms with van der Waals surface area (Å²) in [5.74, 6) is 2.67. The van der Waals surface area contributed by atoms with Gasteiger partial charge in [0.15, 0.2) is 0 Å². The van der Waals surface area contributed by atoms with Gasteiger partial charge in [0.2, 0.25) is 0 Å². The summed E-state index contributed by atoms with van der Waals surface area (Å²) in [6.45, 7) is 5.31. The van der Waals surface area contributed by atoms with Crippen molar-refractivity contribution in [2.24, 2.45) is 23.7 Å². The molecule has 0 amide bonds. The molecule has 2 aliphatic carbocycles. The quantitative estimate of drug-likeness (QED) is 0.614. The fourth-order valence-electron chi connectivity index (χ4n) is 4.11. The number of rotatable bonds is 0. The summed E-state index contributed by atoms with van der Waals surface area (Å²) in [6.07, 6.45) is 2.25. The summed E-state index contributed by atoms with van der Waals surface area (Å²) in [5, 5.41) is 9.84. The zero-order valence-electron chi connectivity index (χ0n) is 8.36. The highest BCUT2D eigenvalue weighted by atomic mass is 16.5. The smallest absolute Gasteiger partial charge is 0.0661 e. The van der Waals surface area contributed by atoms with Gasteiger partial charge in [-0.05, 0) is 50.4 Å². The molecule has 13 heavy (non-hydrogen) atoms. The lowest BCUT2D eigenvalue weighted by molar-refractivity contribution is -0.0236. The Hall–Kier alpha value is -0.0800. The first-order valence-corrected chi connectivity index (χ1v) is 5.41. The van der Waals surface area contributed by atoms with Gasteiger partial charge in [0.25, 0.3) is 0 Å². The first-order valence-electron chi connectivity index (χ1n) is 5.41. The summed E-state index contributed by atoms with van der Waals surface area (Å²) in [7, 11) is 0. The third kappa shape index (κ3) is 0.909. The Bertz CT molecular complexity index is 236. The van der Waals surface area contributed by atoms with E-state index in [1.165, 1.54) is 6.42 Å². The highest BCUT2D eigenvalue weighted by Gasteiger charge is 2.60. The van der Waals surface area contributed by atoms with Crippen molar-refractivity contribution < 1.29 is 9.84 Å². The molecule has 2 heteroatoms. The topological polar surface area (TPSA) is 29.5 Å². The molecule has 1 N–H and O–H groups in total. The van der Waals surface area contributed by atoms with Crippen LogP contribution in [0.4, 0.5) is 0 Å². The van der Waals surface area contributed by atoms with Crippen molar-refractivity contribution >= 4 is 0 Å². The van der Waals surface area contributed by atoms with E-state index < -0.39 is 0 Å². The predicted molar refractivity (Wildman–Crippen MR) is 49.2 cm³/mol. The maximum Gasteiger partial charge on any atom is 0.0661 e. The van der Waals surface area contributed by atoms with Crippen molar-refractivity contribution in [3.63, 3.8) is 0 Å². The van der Waals surface area contributed by atoms with E-state index in [0.717, 1.165) is 24.9 Å². The van der Waals surface area contributed by atoms with Crippen molar-refractivity contribution in [2.75, 3.05) is 6.61 Å². The molecule has 0 aromatic carbocycles. The average Bonchev–Trinajstić information content (AvgIpc) is 2.62. The maximum absolute atomic E-state index is 9.84. The monoisotopic (exact) mass is 182 g/mol. The highest BCUT2D eigenvalue weighted by molar-refractivity contribution is 5.08. The lowest BCUT2D eigenvalue weighted by Gasteiger charge is -2.34. The normalized spacial score (nSPS) is 57.0. The first-order chi connectivity index (χ1) is 6.09. The van der Waals surface area contributed by atoms with Crippen LogP contribution in [0.1, 0.15) is 26.7 Å². The van der Waals surface area contributed by atoms with Gasteiger partial charge in [0.1, 0.15) is 0 Å². The summed E-state index contributed by atoms with van der Waals surface area (Å²) in [6, 6.07) is 0. The minimum Gasteiger partial charge on any atom is -0.393 e. The third-order valence-electron chi connectivity index (χ3n) is 4.59. The predicted octanol–water partition coefficient (Wildman–Crippen LogP) is 1.43. The first kappa shape index (κ1) is 8.25. The maximum atomic E-state index is 9.84. The third-order valence-corrected chi connectivity index (χ3v) is 4.59. The molecule has 2 saturated carbocycles. The van der Waals surface area contributed by atoms with E-state index in [-0.39, 0.29) is 11.7 Å². The molecule has 1 heterocycles. The van der Waals surface area contributed by atoms with Crippen LogP contribution >= 0.6 is 0 Å². The number of hydrogen-bond donors (Lipinski definition) is 1. The number of hydrogen-bond acceptors (Lipinski definition) is 2. The Labute approximate surface area is 79.3 Å². The summed E-state index contributed by atoms with van der Waals surface area (Å²) in [5.41, 5.74) is 0.0193. The molecule has 0 aromatic heterocycles. The summed E-state index contributed by atoms with van der Waals surface area (Å²) >= 11 is 0. The molecule has 0 spiro atoms. The zero-order chi connectivity index (χ0) is 9.22. The van der Waals surface area contributed by atoms with E-state index in [1.807, 2.05) is 0 Å². The molecule has 74 valence electrons. The molecule has 1 aliphatic heterocycles. The van der Waals surface area contributed by atoms with Crippen molar-refractivity contribution in [3.05, 3.63) is 0 Å².